The third-order valence-corrected chi connectivity index (χ3v) is 3.12. The molecule has 1 heterocycles. The molecule has 1 unspecified atom stereocenters. The Morgan fingerprint density at radius 2 is 2.38 bits per heavy atom. The van der Waals surface area contributed by atoms with Crippen LogP contribution in [0.5, 0.6) is 0 Å². The van der Waals surface area contributed by atoms with Crippen molar-refractivity contribution in [3.8, 4) is 0 Å². The van der Waals surface area contributed by atoms with Crippen LogP contribution in [0.4, 0.5) is 5.13 Å². The zero-order chi connectivity index (χ0) is 9.26. The molecule has 2 rings (SSSR count). The van der Waals surface area contributed by atoms with E-state index in [4.69, 9.17) is 5.11 Å². The molecule has 1 aliphatic rings. The lowest BCUT2D eigenvalue weighted by molar-refractivity contribution is 0.280. The highest BCUT2D eigenvalue weighted by atomic mass is 32.1. The van der Waals surface area contributed by atoms with E-state index in [0.29, 0.717) is 11.0 Å². The topological polar surface area (TPSA) is 58.0 Å². The summed E-state index contributed by atoms with van der Waals surface area (Å²) in [5.74, 6) is 0.807. The molecule has 0 aliphatic heterocycles. The Labute approximate surface area is 81.0 Å². The molecule has 1 atom stereocenters. The fourth-order valence-corrected chi connectivity index (χ4v) is 1.98. The van der Waals surface area contributed by atoms with Crippen molar-refractivity contribution in [1.82, 2.24) is 10.2 Å². The van der Waals surface area contributed by atoms with E-state index in [9.17, 15) is 0 Å². The Kier molecular flexibility index (Phi) is 2.46. The quantitative estimate of drug-likeness (QED) is 0.766. The van der Waals surface area contributed by atoms with Gasteiger partial charge < -0.3 is 10.4 Å². The number of rotatable bonds is 4. The molecule has 1 saturated carbocycles. The second-order valence-electron chi connectivity index (χ2n) is 3.43. The Balaban J connectivity index is 1.92. The number of anilines is 1. The fraction of sp³-hybridized carbons (Fsp3) is 0.750. The molecule has 0 amide bonds. The van der Waals surface area contributed by atoms with Gasteiger partial charge in [-0.05, 0) is 25.7 Å². The zero-order valence-corrected chi connectivity index (χ0v) is 8.34. The standard InChI is InChI=1S/C8H13N3OS/c1-5(6-2-3-6)9-8-11-10-7(4-12)13-8/h5-6,12H,2-4H2,1H3,(H,9,11). The number of aliphatic hydroxyl groups excluding tert-OH is 1. The van der Waals surface area contributed by atoms with E-state index < -0.39 is 0 Å². The summed E-state index contributed by atoms with van der Waals surface area (Å²) in [6.07, 6.45) is 2.64. The van der Waals surface area contributed by atoms with Gasteiger partial charge in [0.2, 0.25) is 5.13 Å². The lowest BCUT2D eigenvalue weighted by atomic mass is 10.2. The number of aromatic nitrogens is 2. The second kappa shape index (κ2) is 3.59. The Bertz CT molecular complexity index is 285. The summed E-state index contributed by atoms with van der Waals surface area (Å²) in [7, 11) is 0. The summed E-state index contributed by atoms with van der Waals surface area (Å²) in [5.41, 5.74) is 0. The predicted octanol–water partition coefficient (Wildman–Crippen LogP) is 1.24. The minimum absolute atomic E-state index is 0.0167. The number of nitrogens with one attached hydrogen (secondary N) is 1. The molecular formula is C8H13N3OS. The molecule has 1 aliphatic carbocycles. The maximum absolute atomic E-state index is 8.79. The van der Waals surface area contributed by atoms with Gasteiger partial charge in [-0.25, -0.2) is 0 Å². The van der Waals surface area contributed by atoms with Crippen LogP contribution < -0.4 is 5.32 Å². The lowest BCUT2D eigenvalue weighted by Gasteiger charge is -2.09. The summed E-state index contributed by atoms with van der Waals surface area (Å²) in [4.78, 5) is 0. The van der Waals surface area contributed by atoms with E-state index in [1.807, 2.05) is 0 Å². The van der Waals surface area contributed by atoms with Gasteiger partial charge >= 0.3 is 0 Å². The molecule has 0 saturated heterocycles. The van der Waals surface area contributed by atoms with Crippen molar-refractivity contribution in [2.24, 2.45) is 5.92 Å². The molecule has 2 N–H and O–H groups in total. The van der Waals surface area contributed by atoms with Crippen LogP contribution in [0.2, 0.25) is 0 Å². The Hall–Kier alpha value is -0.680. The summed E-state index contributed by atoms with van der Waals surface area (Å²) < 4.78 is 0. The molecule has 4 nitrogen and oxygen atoms in total. The highest BCUT2D eigenvalue weighted by Crippen LogP contribution is 2.34. The summed E-state index contributed by atoms with van der Waals surface area (Å²) >= 11 is 1.42. The zero-order valence-electron chi connectivity index (χ0n) is 7.53. The predicted molar refractivity (Wildman–Crippen MR) is 51.6 cm³/mol. The van der Waals surface area contributed by atoms with Gasteiger partial charge in [-0.3, -0.25) is 0 Å². The van der Waals surface area contributed by atoms with Crippen LogP contribution in [0.15, 0.2) is 0 Å². The SMILES string of the molecule is CC(Nc1nnc(CO)s1)C1CC1. The first-order valence-electron chi connectivity index (χ1n) is 4.49. The molecule has 1 fully saturated rings. The molecule has 1 aromatic heterocycles. The van der Waals surface area contributed by atoms with E-state index in [1.165, 1.54) is 24.2 Å². The van der Waals surface area contributed by atoms with Crippen LogP contribution in [0.25, 0.3) is 0 Å². The molecule has 0 bridgehead atoms. The minimum Gasteiger partial charge on any atom is -0.389 e. The smallest absolute Gasteiger partial charge is 0.205 e. The number of hydrogen-bond donors (Lipinski definition) is 2. The van der Waals surface area contributed by atoms with E-state index in [1.54, 1.807) is 0 Å². The first kappa shape index (κ1) is 8.90. The summed E-state index contributed by atoms with van der Waals surface area (Å²) in [6, 6.07) is 0.486. The van der Waals surface area contributed by atoms with Crippen molar-refractivity contribution in [1.29, 1.82) is 0 Å². The monoisotopic (exact) mass is 199 g/mol. The van der Waals surface area contributed by atoms with Crippen molar-refractivity contribution in [2.75, 3.05) is 5.32 Å². The van der Waals surface area contributed by atoms with E-state index in [0.717, 1.165) is 11.0 Å². The van der Waals surface area contributed by atoms with Crippen LogP contribution in [0, 0.1) is 5.92 Å². The van der Waals surface area contributed by atoms with Crippen molar-refractivity contribution >= 4 is 16.5 Å². The van der Waals surface area contributed by atoms with Crippen molar-refractivity contribution in [2.45, 2.75) is 32.4 Å². The van der Waals surface area contributed by atoms with Gasteiger partial charge in [-0.2, -0.15) is 0 Å². The van der Waals surface area contributed by atoms with Crippen LogP contribution in [-0.2, 0) is 6.61 Å². The molecule has 0 radical (unpaired) electrons. The average Bonchev–Trinajstić information content (AvgIpc) is 2.88. The van der Waals surface area contributed by atoms with Gasteiger partial charge in [0.1, 0.15) is 5.01 Å². The van der Waals surface area contributed by atoms with Gasteiger partial charge in [0, 0.05) is 6.04 Å². The maximum atomic E-state index is 8.79. The second-order valence-corrected chi connectivity index (χ2v) is 4.49. The van der Waals surface area contributed by atoms with Gasteiger partial charge in [0.25, 0.3) is 0 Å². The van der Waals surface area contributed by atoms with Gasteiger partial charge in [0.15, 0.2) is 0 Å². The van der Waals surface area contributed by atoms with Crippen LogP contribution >= 0.6 is 11.3 Å². The van der Waals surface area contributed by atoms with Crippen molar-refractivity contribution in [3.05, 3.63) is 5.01 Å². The highest BCUT2D eigenvalue weighted by molar-refractivity contribution is 7.15. The first-order valence-corrected chi connectivity index (χ1v) is 5.31. The van der Waals surface area contributed by atoms with Crippen molar-refractivity contribution < 1.29 is 5.11 Å². The van der Waals surface area contributed by atoms with Gasteiger partial charge in [0.05, 0.1) is 6.61 Å². The summed E-state index contributed by atoms with van der Waals surface area (Å²) in [5, 5.41) is 21.3. The third-order valence-electron chi connectivity index (χ3n) is 2.28. The van der Waals surface area contributed by atoms with E-state index in [-0.39, 0.29) is 6.61 Å². The van der Waals surface area contributed by atoms with Gasteiger partial charge in [-0.1, -0.05) is 11.3 Å². The molecule has 1 aromatic rings. The highest BCUT2D eigenvalue weighted by Gasteiger charge is 2.28. The fourth-order valence-electron chi connectivity index (χ4n) is 1.28. The number of hydrogen-bond acceptors (Lipinski definition) is 5. The molecule has 72 valence electrons. The summed E-state index contributed by atoms with van der Waals surface area (Å²) in [6.45, 7) is 2.15. The molecule has 13 heavy (non-hydrogen) atoms. The van der Waals surface area contributed by atoms with E-state index >= 15 is 0 Å². The van der Waals surface area contributed by atoms with Crippen LogP contribution in [-0.4, -0.2) is 21.3 Å². The largest absolute Gasteiger partial charge is 0.389 e. The maximum Gasteiger partial charge on any atom is 0.205 e. The molecule has 0 spiro atoms. The Morgan fingerprint density at radius 1 is 1.62 bits per heavy atom. The normalized spacial score (nSPS) is 18.6. The van der Waals surface area contributed by atoms with E-state index in [2.05, 4.69) is 22.4 Å². The van der Waals surface area contributed by atoms with Crippen LogP contribution in [0.1, 0.15) is 24.8 Å². The van der Waals surface area contributed by atoms with Crippen LogP contribution in [0.3, 0.4) is 0 Å². The minimum atomic E-state index is -0.0167. The first-order chi connectivity index (χ1) is 6.29. The molecule has 5 heteroatoms. The molecule has 0 aromatic carbocycles. The molecular weight excluding hydrogens is 186 g/mol. The third kappa shape index (κ3) is 2.16. The Morgan fingerprint density at radius 3 is 2.92 bits per heavy atom. The van der Waals surface area contributed by atoms with Crippen molar-refractivity contribution in [3.63, 3.8) is 0 Å². The number of aliphatic hydroxyl groups is 1. The lowest BCUT2D eigenvalue weighted by Crippen LogP contribution is -2.16. The van der Waals surface area contributed by atoms with Gasteiger partial charge in [-0.15, -0.1) is 10.2 Å². The average molecular weight is 199 g/mol. The number of nitrogens with zero attached hydrogens (tertiary/aromatic N) is 2.